The SMILES string of the molecule is CCN1CCN(N2CCN(Cl)CC2)CC1. The van der Waals surface area contributed by atoms with Crippen molar-refractivity contribution in [2.75, 3.05) is 58.9 Å². The highest BCUT2D eigenvalue weighted by Crippen LogP contribution is 2.10. The molecule has 0 amide bonds. The lowest BCUT2D eigenvalue weighted by atomic mass is 10.3. The highest BCUT2D eigenvalue weighted by atomic mass is 35.5. The molecule has 15 heavy (non-hydrogen) atoms. The number of halogens is 1. The average Bonchev–Trinajstić information content (AvgIpc) is 2.30. The van der Waals surface area contributed by atoms with E-state index in [0.29, 0.717) is 0 Å². The van der Waals surface area contributed by atoms with Crippen molar-refractivity contribution in [2.45, 2.75) is 6.92 Å². The number of likely N-dealkylation sites (N-methyl/N-ethyl adjacent to an activating group) is 1. The smallest absolute Gasteiger partial charge is 0.0281 e. The van der Waals surface area contributed by atoms with Crippen LogP contribution in [0.3, 0.4) is 0 Å². The summed E-state index contributed by atoms with van der Waals surface area (Å²) in [6, 6.07) is 0. The third-order valence-electron chi connectivity index (χ3n) is 3.40. The second kappa shape index (κ2) is 5.46. The minimum Gasteiger partial charge on any atom is -0.301 e. The summed E-state index contributed by atoms with van der Waals surface area (Å²) in [6.45, 7) is 12.3. The van der Waals surface area contributed by atoms with E-state index in [4.69, 9.17) is 11.8 Å². The molecular formula is C10H21ClN4. The van der Waals surface area contributed by atoms with Crippen molar-refractivity contribution in [1.82, 2.24) is 19.3 Å². The highest BCUT2D eigenvalue weighted by molar-refractivity contribution is 6.13. The molecule has 2 fully saturated rings. The van der Waals surface area contributed by atoms with Crippen molar-refractivity contribution in [2.24, 2.45) is 0 Å². The van der Waals surface area contributed by atoms with Crippen molar-refractivity contribution < 1.29 is 0 Å². The van der Waals surface area contributed by atoms with Gasteiger partial charge in [0.2, 0.25) is 0 Å². The first-order valence-electron chi connectivity index (χ1n) is 5.92. The molecule has 0 unspecified atom stereocenters. The Morgan fingerprint density at radius 2 is 1.27 bits per heavy atom. The molecule has 2 aliphatic heterocycles. The van der Waals surface area contributed by atoms with Crippen molar-refractivity contribution in [1.29, 1.82) is 0 Å². The Labute approximate surface area is 97.4 Å². The molecule has 0 saturated carbocycles. The second-order valence-corrected chi connectivity index (χ2v) is 4.73. The minimum absolute atomic E-state index is 0.982. The third kappa shape index (κ3) is 3.04. The van der Waals surface area contributed by atoms with Crippen molar-refractivity contribution in [3.63, 3.8) is 0 Å². The average molecular weight is 233 g/mol. The van der Waals surface area contributed by atoms with Gasteiger partial charge in [0.05, 0.1) is 0 Å². The Balaban J connectivity index is 1.75. The Morgan fingerprint density at radius 3 is 1.73 bits per heavy atom. The van der Waals surface area contributed by atoms with Crippen LogP contribution < -0.4 is 0 Å². The number of nitrogens with zero attached hydrogens (tertiary/aromatic N) is 4. The molecule has 4 nitrogen and oxygen atoms in total. The first-order chi connectivity index (χ1) is 7.29. The monoisotopic (exact) mass is 232 g/mol. The first-order valence-corrected chi connectivity index (χ1v) is 6.26. The third-order valence-corrected chi connectivity index (χ3v) is 3.74. The molecule has 0 aliphatic carbocycles. The van der Waals surface area contributed by atoms with Gasteiger partial charge in [0, 0.05) is 52.4 Å². The maximum absolute atomic E-state index is 5.95. The molecule has 2 saturated heterocycles. The normalized spacial score (nSPS) is 28.4. The van der Waals surface area contributed by atoms with Crippen LogP contribution in [0.4, 0.5) is 0 Å². The summed E-state index contributed by atoms with van der Waals surface area (Å²) in [5, 5.41) is 4.96. The number of hydrogen-bond acceptors (Lipinski definition) is 4. The lowest BCUT2D eigenvalue weighted by Crippen LogP contribution is -2.57. The van der Waals surface area contributed by atoms with Crippen molar-refractivity contribution >= 4 is 11.8 Å². The summed E-state index contributed by atoms with van der Waals surface area (Å²) in [5.74, 6) is 0. The van der Waals surface area contributed by atoms with Gasteiger partial charge < -0.3 is 4.90 Å². The number of rotatable bonds is 2. The largest absolute Gasteiger partial charge is 0.301 e. The molecule has 0 radical (unpaired) electrons. The topological polar surface area (TPSA) is 13.0 Å². The number of hydrazine groups is 1. The van der Waals surface area contributed by atoms with E-state index in [9.17, 15) is 0 Å². The highest BCUT2D eigenvalue weighted by Gasteiger charge is 2.24. The van der Waals surface area contributed by atoms with E-state index in [2.05, 4.69) is 21.8 Å². The Bertz CT molecular complexity index is 186. The van der Waals surface area contributed by atoms with Crippen LogP contribution in [-0.2, 0) is 0 Å². The maximum Gasteiger partial charge on any atom is 0.0281 e. The van der Waals surface area contributed by atoms with Gasteiger partial charge in [0.1, 0.15) is 0 Å². The van der Waals surface area contributed by atoms with E-state index in [1.165, 1.54) is 32.7 Å². The molecular weight excluding hydrogens is 212 g/mol. The molecule has 0 bridgehead atoms. The van der Waals surface area contributed by atoms with Crippen LogP contribution in [0.2, 0.25) is 0 Å². The molecule has 88 valence electrons. The van der Waals surface area contributed by atoms with E-state index >= 15 is 0 Å². The predicted molar refractivity (Wildman–Crippen MR) is 62.7 cm³/mol. The Hall–Kier alpha value is 0.130. The zero-order valence-electron chi connectivity index (χ0n) is 9.53. The summed E-state index contributed by atoms with van der Waals surface area (Å²) < 4.78 is 1.89. The second-order valence-electron chi connectivity index (χ2n) is 4.25. The van der Waals surface area contributed by atoms with Crippen LogP contribution in [0.5, 0.6) is 0 Å². The minimum atomic E-state index is 0.982. The van der Waals surface area contributed by atoms with Crippen LogP contribution in [0.25, 0.3) is 0 Å². The van der Waals surface area contributed by atoms with Gasteiger partial charge in [-0.1, -0.05) is 6.92 Å². The molecule has 2 aliphatic rings. The van der Waals surface area contributed by atoms with Crippen LogP contribution in [0.15, 0.2) is 0 Å². The molecule has 0 aromatic heterocycles. The number of hydrogen-bond donors (Lipinski definition) is 0. The Morgan fingerprint density at radius 1 is 0.800 bits per heavy atom. The van der Waals surface area contributed by atoms with Crippen LogP contribution >= 0.6 is 11.8 Å². The lowest BCUT2D eigenvalue weighted by Gasteiger charge is -2.43. The van der Waals surface area contributed by atoms with Gasteiger partial charge >= 0.3 is 0 Å². The van der Waals surface area contributed by atoms with Crippen molar-refractivity contribution in [3.8, 4) is 0 Å². The van der Waals surface area contributed by atoms with E-state index in [-0.39, 0.29) is 0 Å². The fourth-order valence-electron chi connectivity index (χ4n) is 2.29. The standard InChI is InChI=1S/C10H21ClN4/c1-2-12-3-7-14(8-4-12)15-9-5-13(11)6-10-15/h2-10H2,1H3. The molecule has 2 heterocycles. The van der Waals surface area contributed by atoms with Gasteiger partial charge in [-0.15, -0.1) is 0 Å². The van der Waals surface area contributed by atoms with Gasteiger partial charge in [-0.3, -0.25) is 0 Å². The van der Waals surface area contributed by atoms with Gasteiger partial charge in [-0.2, -0.15) is 0 Å². The fourth-order valence-corrected chi connectivity index (χ4v) is 2.44. The van der Waals surface area contributed by atoms with E-state index in [1.807, 2.05) is 4.42 Å². The van der Waals surface area contributed by atoms with Crippen LogP contribution in [-0.4, -0.2) is 78.2 Å². The van der Waals surface area contributed by atoms with E-state index in [1.54, 1.807) is 0 Å². The summed E-state index contributed by atoms with van der Waals surface area (Å²) in [4.78, 5) is 2.51. The summed E-state index contributed by atoms with van der Waals surface area (Å²) >= 11 is 5.95. The molecule has 0 aromatic carbocycles. The van der Waals surface area contributed by atoms with Crippen LogP contribution in [0.1, 0.15) is 6.92 Å². The molecule has 2 rings (SSSR count). The van der Waals surface area contributed by atoms with E-state index in [0.717, 1.165) is 26.2 Å². The summed E-state index contributed by atoms with van der Waals surface area (Å²) in [7, 11) is 0. The Kier molecular flexibility index (Phi) is 4.22. The molecule has 5 heteroatoms. The van der Waals surface area contributed by atoms with Crippen molar-refractivity contribution in [3.05, 3.63) is 0 Å². The van der Waals surface area contributed by atoms with Gasteiger partial charge in [0.15, 0.2) is 0 Å². The van der Waals surface area contributed by atoms with E-state index < -0.39 is 0 Å². The maximum atomic E-state index is 5.95. The zero-order chi connectivity index (χ0) is 10.7. The summed E-state index contributed by atoms with van der Waals surface area (Å²) in [6.07, 6.45) is 0. The first kappa shape index (κ1) is 11.6. The quantitative estimate of drug-likeness (QED) is 0.636. The molecule has 0 atom stereocenters. The fraction of sp³-hybridized carbons (Fsp3) is 1.00. The molecule has 0 N–H and O–H groups in total. The van der Waals surface area contributed by atoms with Gasteiger partial charge in [-0.05, 0) is 18.3 Å². The number of piperazine rings is 2. The van der Waals surface area contributed by atoms with Crippen LogP contribution in [0, 0.1) is 0 Å². The molecule has 0 aromatic rings. The van der Waals surface area contributed by atoms with Gasteiger partial charge in [-0.25, -0.2) is 14.4 Å². The summed E-state index contributed by atoms with van der Waals surface area (Å²) in [5.41, 5.74) is 0. The zero-order valence-corrected chi connectivity index (χ0v) is 10.3. The van der Waals surface area contributed by atoms with Gasteiger partial charge in [0.25, 0.3) is 0 Å². The molecule has 0 spiro atoms. The predicted octanol–water partition coefficient (Wildman–Crippen LogP) is 0.310. The lowest BCUT2D eigenvalue weighted by molar-refractivity contribution is -0.0719.